The van der Waals surface area contributed by atoms with Gasteiger partial charge in [-0.15, -0.1) is 11.3 Å². The van der Waals surface area contributed by atoms with Gasteiger partial charge >= 0.3 is 0 Å². The van der Waals surface area contributed by atoms with Crippen LogP contribution in [0.1, 0.15) is 31.1 Å². The molecule has 1 aliphatic rings. The zero-order valence-corrected chi connectivity index (χ0v) is 10.8. The largest absolute Gasteiger partial charge is 0.309 e. The summed E-state index contributed by atoms with van der Waals surface area (Å²) < 4.78 is 0. The molecule has 90 valence electrons. The smallest absolute Gasteiger partial charge is 0.0794 e. The van der Waals surface area contributed by atoms with Crippen LogP contribution in [0.4, 0.5) is 0 Å². The Morgan fingerprint density at radius 1 is 1.50 bits per heavy atom. The van der Waals surface area contributed by atoms with Gasteiger partial charge in [0.25, 0.3) is 0 Å². The van der Waals surface area contributed by atoms with Crippen LogP contribution in [0.5, 0.6) is 0 Å². The summed E-state index contributed by atoms with van der Waals surface area (Å²) in [6.07, 6.45) is 5.89. The van der Waals surface area contributed by atoms with Crippen LogP contribution < -0.4 is 5.32 Å². The van der Waals surface area contributed by atoms with Gasteiger partial charge in [-0.2, -0.15) is 0 Å². The molecule has 1 fully saturated rings. The van der Waals surface area contributed by atoms with Gasteiger partial charge in [-0.25, -0.2) is 0 Å². The average molecular weight is 239 g/mol. The Bertz CT molecular complexity index is 286. The number of thiazole rings is 1. The van der Waals surface area contributed by atoms with E-state index in [0.29, 0.717) is 6.04 Å². The normalized spacial score (nSPS) is 23.2. The van der Waals surface area contributed by atoms with Crippen molar-refractivity contribution in [2.45, 2.75) is 38.8 Å². The summed E-state index contributed by atoms with van der Waals surface area (Å²) in [4.78, 5) is 7.99. The number of nitrogens with one attached hydrogen (secondary N) is 1. The van der Waals surface area contributed by atoms with Crippen LogP contribution in [-0.2, 0) is 6.54 Å². The van der Waals surface area contributed by atoms with Crippen LogP contribution in [0.2, 0.25) is 0 Å². The fourth-order valence-corrected chi connectivity index (χ4v) is 2.80. The number of hydrogen-bond donors (Lipinski definition) is 1. The first-order valence-corrected chi connectivity index (χ1v) is 7.09. The highest BCUT2D eigenvalue weighted by atomic mass is 32.1. The van der Waals surface area contributed by atoms with Gasteiger partial charge in [0.2, 0.25) is 0 Å². The first-order chi connectivity index (χ1) is 7.88. The summed E-state index contributed by atoms with van der Waals surface area (Å²) >= 11 is 1.74. The predicted molar refractivity (Wildman–Crippen MR) is 68.7 cm³/mol. The van der Waals surface area contributed by atoms with Crippen molar-refractivity contribution >= 4 is 11.3 Å². The summed E-state index contributed by atoms with van der Waals surface area (Å²) in [5.41, 5.74) is 1.91. The summed E-state index contributed by atoms with van der Waals surface area (Å²) in [5, 5.41) is 3.65. The third-order valence-electron chi connectivity index (χ3n) is 3.32. The standard InChI is InChI=1S/C12H21N3S/c1-2-15-6-3-4-11(5-7-15)14-9-12-8-13-10-16-12/h8,10-11,14H,2-7,9H2,1H3. The lowest BCUT2D eigenvalue weighted by molar-refractivity contribution is 0.297. The van der Waals surface area contributed by atoms with E-state index in [9.17, 15) is 0 Å². The predicted octanol–water partition coefficient (Wildman–Crippen LogP) is 2.11. The maximum Gasteiger partial charge on any atom is 0.0794 e. The molecule has 0 aromatic carbocycles. The van der Waals surface area contributed by atoms with Crippen molar-refractivity contribution in [3.63, 3.8) is 0 Å². The molecule has 0 aliphatic carbocycles. The van der Waals surface area contributed by atoms with Crippen molar-refractivity contribution < 1.29 is 0 Å². The molecule has 0 saturated carbocycles. The lowest BCUT2D eigenvalue weighted by Gasteiger charge is -2.18. The minimum Gasteiger partial charge on any atom is -0.309 e. The van der Waals surface area contributed by atoms with E-state index in [1.807, 2.05) is 11.7 Å². The van der Waals surface area contributed by atoms with Crippen LogP contribution in [0.25, 0.3) is 0 Å². The second-order valence-corrected chi connectivity index (χ2v) is 5.38. The number of hydrogen-bond acceptors (Lipinski definition) is 4. The molecule has 2 heterocycles. The quantitative estimate of drug-likeness (QED) is 0.872. The highest BCUT2D eigenvalue weighted by Gasteiger charge is 2.15. The van der Waals surface area contributed by atoms with Crippen molar-refractivity contribution in [1.82, 2.24) is 15.2 Å². The SMILES string of the molecule is CCN1CCCC(NCc2cncs2)CC1. The van der Waals surface area contributed by atoms with E-state index in [-0.39, 0.29) is 0 Å². The molecule has 2 rings (SSSR count). The average Bonchev–Trinajstić information content (AvgIpc) is 2.72. The van der Waals surface area contributed by atoms with Crippen molar-refractivity contribution in [2.24, 2.45) is 0 Å². The van der Waals surface area contributed by atoms with Gasteiger partial charge in [0, 0.05) is 23.7 Å². The minimum atomic E-state index is 0.693. The molecular formula is C12H21N3S. The molecule has 1 aromatic rings. The number of rotatable bonds is 4. The summed E-state index contributed by atoms with van der Waals surface area (Å²) in [5.74, 6) is 0. The van der Waals surface area contributed by atoms with Crippen LogP contribution in [0.15, 0.2) is 11.7 Å². The molecule has 0 bridgehead atoms. The van der Waals surface area contributed by atoms with E-state index in [0.717, 1.165) is 6.54 Å². The van der Waals surface area contributed by atoms with Crippen molar-refractivity contribution in [3.8, 4) is 0 Å². The summed E-state index contributed by atoms with van der Waals surface area (Å²) in [7, 11) is 0. The highest BCUT2D eigenvalue weighted by Crippen LogP contribution is 2.12. The second kappa shape index (κ2) is 6.33. The van der Waals surface area contributed by atoms with Crippen LogP contribution in [0, 0.1) is 0 Å². The molecule has 1 N–H and O–H groups in total. The van der Waals surface area contributed by atoms with Gasteiger partial charge in [0.15, 0.2) is 0 Å². The molecule has 16 heavy (non-hydrogen) atoms. The van der Waals surface area contributed by atoms with Crippen molar-refractivity contribution in [3.05, 3.63) is 16.6 Å². The number of likely N-dealkylation sites (tertiary alicyclic amines) is 1. The van der Waals surface area contributed by atoms with Gasteiger partial charge in [-0.3, -0.25) is 4.98 Å². The fourth-order valence-electron chi connectivity index (χ4n) is 2.25. The summed E-state index contributed by atoms with van der Waals surface area (Å²) in [6, 6.07) is 0.693. The van der Waals surface area contributed by atoms with Gasteiger partial charge in [-0.05, 0) is 38.9 Å². The molecule has 0 radical (unpaired) electrons. The maximum atomic E-state index is 4.10. The topological polar surface area (TPSA) is 28.2 Å². The van der Waals surface area contributed by atoms with Crippen LogP contribution in [-0.4, -0.2) is 35.6 Å². The van der Waals surface area contributed by atoms with E-state index in [1.54, 1.807) is 11.3 Å². The molecule has 0 amide bonds. The van der Waals surface area contributed by atoms with Crippen molar-refractivity contribution in [1.29, 1.82) is 0 Å². The Morgan fingerprint density at radius 2 is 2.44 bits per heavy atom. The Morgan fingerprint density at radius 3 is 3.19 bits per heavy atom. The molecule has 3 nitrogen and oxygen atoms in total. The van der Waals surface area contributed by atoms with Crippen molar-refractivity contribution in [2.75, 3.05) is 19.6 Å². The van der Waals surface area contributed by atoms with E-state index in [1.165, 1.54) is 43.8 Å². The third-order valence-corrected chi connectivity index (χ3v) is 4.10. The minimum absolute atomic E-state index is 0.693. The van der Waals surface area contributed by atoms with Crippen LogP contribution in [0.3, 0.4) is 0 Å². The van der Waals surface area contributed by atoms with Gasteiger partial charge in [0.1, 0.15) is 0 Å². The highest BCUT2D eigenvalue weighted by molar-refractivity contribution is 7.09. The molecule has 4 heteroatoms. The van der Waals surface area contributed by atoms with E-state index in [2.05, 4.69) is 22.1 Å². The zero-order chi connectivity index (χ0) is 11.2. The van der Waals surface area contributed by atoms with E-state index < -0.39 is 0 Å². The molecular weight excluding hydrogens is 218 g/mol. The Kier molecular flexibility index (Phi) is 4.75. The van der Waals surface area contributed by atoms with Gasteiger partial charge in [0.05, 0.1) is 5.51 Å². The lowest BCUT2D eigenvalue weighted by Crippen LogP contribution is -2.30. The molecule has 0 spiro atoms. The zero-order valence-electron chi connectivity index (χ0n) is 9.98. The first-order valence-electron chi connectivity index (χ1n) is 6.21. The number of nitrogens with zero attached hydrogens (tertiary/aromatic N) is 2. The Balaban J connectivity index is 1.73. The van der Waals surface area contributed by atoms with E-state index >= 15 is 0 Å². The van der Waals surface area contributed by atoms with E-state index in [4.69, 9.17) is 0 Å². The fraction of sp³-hybridized carbons (Fsp3) is 0.750. The van der Waals surface area contributed by atoms with Gasteiger partial charge < -0.3 is 10.2 Å². The maximum absolute atomic E-state index is 4.10. The summed E-state index contributed by atoms with van der Waals surface area (Å²) in [6.45, 7) is 6.96. The molecule has 1 atom stereocenters. The molecule has 1 unspecified atom stereocenters. The molecule has 1 aromatic heterocycles. The Hall–Kier alpha value is -0.450. The second-order valence-electron chi connectivity index (χ2n) is 4.41. The van der Waals surface area contributed by atoms with Gasteiger partial charge in [-0.1, -0.05) is 6.92 Å². The van der Waals surface area contributed by atoms with Crippen LogP contribution >= 0.6 is 11.3 Å². The molecule has 1 saturated heterocycles. The lowest BCUT2D eigenvalue weighted by atomic mass is 10.1. The molecule has 1 aliphatic heterocycles. The monoisotopic (exact) mass is 239 g/mol. The number of aromatic nitrogens is 1. The Labute approximate surface area is 102 Å². The first kappa shape index (κ1) is 12.0. The third kappa shape index (κ3) is 3.54.